The second-order valence-corrected chi connectivity index (χ2v) is 7.96. The summed E-state index contributed by atoms with van der Waals surface area (Å²) >= 11 is 7.31. The molecule has 0 fully saturated rings. The van der Waals surface area contributed by atoms with E-state index < -0.39 is 11.0 Å². The number of benzene rings is 2. The van der Waals surface area contributed by atoms with Gasteiger partial charge >= 0.3 is 0 Å². The smallest absolute Gasteiger partial charge is 0.269 e. The van der Waals surface area contributed by atoms with Gasteiger partial charge in [0.1, 0.15) is 0 Å². The lowest BCUT2D eigenvalue weighted by Crippen LogP contribution is -2.29. The van der Waals surface area contributed by atoms with E-state index in [2.05, 4.69) is 20.3 Å². The highest BCUT2D eigenvalue weighted by atomic mass is 35.5. The monoisotopic (exact) mass is 454 g/mol. The van der Waals surface area contributed by atoms with E-state index in [-0.39, 0.29) is 11.6 Å². The fourth-order valence-corrected chi connectivity index (χ4v) is 3.88. The lowest BCUT2D eigenvalue weighted by molar-refractivity contribution is -0.384. The van der Waals surface area contributed by atoms with Crippen molar-refractivity contribution in [2.75, 3.05) is 5.01 Å². The number of non-ortho nitro benzene ring substituents is 1. The van der Waals surface area contributed by atoms with Crippen LogP contribution in [0.2, 0.25) is 5.02 Å². The molecule has 0 bridgehead atoms. The number of nitro benzene ring substituents is 1. The summed E-state index contributed by atoms with van der Waals surface area (Å²) in [5, 5.41) is 27.5. The van der Waals surface area contributed by atoms with E-state index in [9.17, 15) is 14.9 Å². The van der Waals surface area contributed by atoms with Crippen molar-refractivity contribution >= 4 is 51.1 Å². The number of halogens is 1. The summed E-state index contributed by atoms with van der Waals surface area (Å²) in [6.07, 6.45) is 0. The van der Waals surface area contributed by atoms with Crippen LogP contribution in [0, 0.1) is 17.0 Å². The predicted octanol–water partition coefficient (Wildman–Crippen LogP) is 5.56. The number of amides is 1. The highest BCUT2D eigenvalue weighted by Crippen LogP contribution is 2.32. The summed E-state index contributed by atoms with van der Waals surface area (Å²) < 4.78 is 0. The van der Waals surface area contributed by atoms with E-state index in [1.54, 1.807) is 42.6 Å². The molecule has 3 aromatic rings. The van der Waals surface area contributed by atoms with Gasteiger partial charge in [-0.3, -0.25) is 14.9 Å². The molecule has 11 heteroatoms. The summed E-state index contributed by atoms with van der Waals surface area (Å²) in [7, 11) is 0. The quantitative estimate of drug-likeness (QED) is 0.285. The SMILES string of the molecule is CC1=NN(c2nc(-c3cccc([N+](=O)[O-])c3)cs2)C(=O)C1N=Nc1cccc(Cl)c1C. The van der Waals surface area contributed by atoms with Crippen molar-refractivity contribution in [3.63, 3.8) is 0 Å². The van der Waals surface area contributed by atoms with Crippen LogP contribution >= 0.6 is 22.9 Å². The first-order valence-electron chi connectivity index (χ1n) is 9.10. The molecule has 1 amide bonds. The van der Waals surface area contributed by atoms with Crippen LogP contribution in [-0.2, 0) is 4.79 Å². The Kier molecular flexibility index (Phi) is 5.57. The topological polar surface area (TPSA) is 113 Å². The average Bonchev–Trinajstić information content (AvgIpc) is 3.34. The molecule has 1 aromatic heterocycles. The van der Waals surface area contributed by atoms with Gasteiger partial charge in [-0.15, -0.1) is 11.3 Å². The third-order valence-electron chi connectivity index (χ3n) is 4.64. The minimum atomic E-state index is -0.858. The standard InChI is InChI=1S/C20H15ClN6O3S/c1-11-15(21)7-4-8-16(11)23-24-18-12(2)25-26(19(18)28)20-22-17(10-31-20)13-5-3-6-14(9-13)27(29)30/h3-10,18H,1-2H3. The van der Waals surface area contributed by atoms with Crippen molar-refractivity contribution in [1.82, 2.24) is 4.98 Å². The van der Waals surface area contributed by atoms with E-state index in [1.807, 2.05) is 6.92 Å². The molecular weight excluding hydrogens is 440 g/mol. The Bertz CT molecular complexity index is 1260. The van der Waals surface area contributed by atoms with Crippen LogP contribution in [0.1, 0.15) is 12.5 Å². The van der Waals surface area contributed by atoms with Gasteiger partial charge in [-0.25, -0.2) is 4.98 Å². The Balaban J connectivity index is 1.56. The normalized spacial score (nSPS) is 16.2. The Morgan fingerprint density at radius 2 is 2.00 bits per heavy atom. The molecule has 4 rings (SSSR count). The molecule has 0 aliphatic carbocycles. The number of rotatable bonds is 5. The summed E-state index contributed by atoms with van der Waals surface area (Å²) in [6, 6.07) is 10.6. The number of thiazole rings is 1. The fraction of sp³-hybridized carbons (Fsp3) is 0.150. The van der Waals surface area contributed by atoms with Crippen LogP contribution in [0.15, 0.2) is 63.2 Å². The van der Waals surface area contributed by atoms with Crippen LogP contribution in [0.3, 0.4) is 0 Å². The molecule has 0 radical (unpaired) electrons. The first-order chi connectivity index (χ1) is 14.8. The number of aromatic nitrogens is 1. The maximum atomic E-state index is 12.9. The van der Waals surface area contributed by atoms with Crippen LogP contribution in [-0.4, -0.2) is 27.6 Å². The number of nitrogens with zero attached hydrogens (tertiary/aromatic N) is 6. The first kappa shape index (κ1) is 20.8. The number of hydrogen-bond donors (Lipinski definition) is 0. The van der Waals surface area contributed by atoms with Crippen molar-refractivity contribution in [2.24, 2.45) is 15.3 Å². The van der Waals surface area contributed by atoms with Gasteiger partial charge in [0, 0.05) is 28.1 Å². The van der Waals surface area contributed by atoms with Crippen molar-refractivity contribution in [2.45, 2.75) is 19.9 Å². The van der Waals surface area contributed by atoms with E-state index in [0.717, 1.165) is 5.56 Å². The van der Waals surface area contributed by atoms with Gasteiger partial charge in [-0.2, -0.15) is 20.3 Å². The van der Waals surface area contributed by atoms with Crippen molar-refractivity contribution in [1.29, 1.82) is 0 Å². The zero-order valence-electron chi connectivity index (χ0n) is 16.4. The fourth-order valence-electron chi connectivity index (χ4n) is 2.92. The molecule has 0 saturated heterocycles. The molecule has 1 atom stereocenters. The van der Waals surface area contributed by atoms with Crippen molar-refractivity contribution in [3.8, 4) is 11.3 Å². The molecule has 2 heterocycles. The highest BCUT2D eigenvalue weighted by molar-refractivity contribution is 7.14. The van der Waals surface area contributed by atoms with Gasteiger partial charge in [-0.1, -0.05) is 29.8 Å². The Hall–Kier alpha value is -3.50. The Labute approximate surface area is 185 Å². The number of hydrazone groups is 1. The number of carbonyl (C=O) groups is 1. The Morgan fingerprint density at radius 1 is 1.23 bits per heavy atom. The zero-order chi connectivity index (χ0) is 22.1. The van der Waals surface area contributed by atoms with Crippen molar-refractivity contribution in [3.05, 3.63) is 68.5 Å². The zero-order valence-corrected chi connectivity index (χ0v) is 18.0. The summed E-state index contributed by atoms with van der Waals surface area (Å²) in [4.78, 5) is 27.9. The van der Waals surface area contributed by atoms with E-state index in [0.29, 0.717) is 32.8 Å². The minimum absolute atomic E-state index is 0.0325. The van der Waals surface area contributed by atoms with Crippen molar-refractivity contribution < 1.29 is 9.72 Å². The summed E-state index contributed by atoms with van der Waals surface area (Å²) in [6.45, 7) is 3.52. The molecular formula is C20H15ClN6O3S. The largest absolute Gasteiger partial charge is 0.282 e. The average molecular weight is 455 g/mol. The number of carbonyl (C=O) groups excluding carboxylic acids is 1. The first-order valence-corrected chi connectivity index (χ1v) is 10.4. The molecule has 156 valence electrons. The molecule has 9 nitrogen and oxygen atoms in total. The van der Waals surface area contributed by atoms with Gasteiger partial charge in [0.2, 0.25) is 5.13 Å². The molecule has 0 spiro atoms. The highest BCUT2D eigenvalue weighted by Gasteiger charge is 2.36. The van der Waals surface area contributed by atoms with Crippen LogP contribution < -0.4 is 5.01 Å². The maximum Gasteiger partial charge on any atom is 0.282 e. The van der Waals surface area contributed by atoms with Gasteiger partial charge in [-0.05, 0) is 31.5 Å². The minimum Gasteiger partial charge on any atom is -0.269 e. The predicted molar refractivity (Wildman–Crippen MR) is 119 cm³/mol. The molecule has 1 aliphatic rings. The van der Waals surface area contributed by atoms with E-state index in [4.69, 9.17) is 11.6 Å². The molecule has 1 aliphatic heterocycles. The number of azo groups is 1. The lowest BCUT2D eigenvalue weighted by atomic mass is 10.1. The van der Waals surface area contributed by atoms with Gasteiger partial charge in [0.25, 0.3) is 11.6 Å². The van der Waals surface area contributed by atoms with Crippen LogP contribution in [0.25, 0.3) is 11.3 Å². The van der Waals surface area contributed by atoms with Gasteiger partial charge in [0.05, 0.1) is 22.0 Å². The molecule has 1 unspecified atom stereocenters. The number of anilines is 1. The molecule has 0 N–H and O–H groups in total. The van der Waals surface area contributed by atoms with Crippen LogP contribution in [0.4, 0.5) is 16.5 Å². The van der Waals surface area contributed by atoms with E-state index >= 15 is 0 Å². The molecule has 0 saturated carbocycles. The second-order valence-electron chi connectivity index (χ2n) is 6.72. The van der Waals surface area contributed by atoms with Crippen LogP contribution in [0.5, 0.6) is 0 Å². The molecule has 31 heavy (non-hydrogen) atoms. The molecule has 2 aromatic carbocycles. The summed E-state index contributed by atoms with van der Waals surface area (Å²) in [5.41, 5.74) is 2.90. The third-order valence-corrected chi connectivity index (χ3v) is 5.87. The second kappa shape index (κ2) is 8.32. The maximum absolute atomic E-state index is 12.9. The third kappa shape index (κ3) is 4.07. The Morgan fingerprint density at radius 3 is 2.77 bits per heavy atom. The lowest BCUT2D eigenvalue weighted by Gasteiger charge is -2.08. The summed E-state index contributed by atoms with van der Waals surface area (Å²) in [5.74, 6) is -0.374. The van der Waals surface area contributed by atoms with E-state index in [1.165, 1.54) is 28.5 Å². The van der Waals surface area contributed by atoms with Gasteiger partial charge < -0.3 is 0 Å². The van der Waals surface area contributed by atoms with Gasteiger partial charge in [0.15, 0.2) is 6.04 Å². The number of nitro groups is 1. The number of hydrogen-bond acceptors (Lipinski definition) is 8.